The van der Waals surface area contributed by atoms with Crippen LogP contribution in [0.15, 0.2) is 23.1 Å². The molecule has 1 aromatic rings. The highest BCUT2D eigenvalue weighted by Gasteiger charge is 2.19. The van der Waals surface area contributed by atoms with Crippen LogP contribution >= 0.6 is 22.3 Å². The minimum Gasteiger partial charge on any atom is -0.379 e. The second-order valence-electron chi connectivity index (χ2n) is 4.08. The van der Waals surface area contributed by atoms with E-state index < -0.39 is 9.05 Å². The van der Waals surface area contributed by atoms with Gasteiger partial charge in [0.15, 0.2) is 0 Å². The van der Waals surface area contributed by atoms with E-state index in [1.165, 1.54) is 6.07 Å². The number of hydrogen-bond acceptors (Lipinski definition) is 4. The zero-order valence-electron chi connectivity index (χ0n) is 9.60. The molecule has 0 unspecified atom stereocenters. The van der Waals surface area contributed by atoms with Gasteiger partial charge in [-0.15, -0.1) is 0 Å². The maximum Gasteiger partial charge on any atom is 0.261 e. The summed E-state index contributed by atoms with van der Waals surface area (Å²) in [6, 6.07) is 4.76. The highest BCUT2D eigenvalue weighted by Crippen LogP contribution is 2.25. The Morgan fingerprint density at radius 3 is 2.56 bits per heavy atom. The Morgan fingerprint density at radius 1 is 1.28 bits per heavy atom. The van der Waals surface area contributed by atoms with Crippen molar-refractivity contribution in [1.29, 1.82) is 0 Å². The van der Waals surface area contributed by atoms with Crippen LogP contribution in [0, 0.1) is 0 Å². The molecule has 1 saturated heterocycles. The summed E-state index contributed by atoms with van der Waals surface area (Å²) in [6.45, 7) is 3.42. The summed E-state index contributed by atoms with van der Waals surface area (Å²) in [7, 11) is 1.65. The van der Waals surface area contributed by atoms with Crippen molar-refractivity contribution in [2.45, 2.75) is 11.4 Å². The summed E-state index contributed by atoms with van der Waals surface area (Å²) < 4.78 is 28.3. The average Bonchev–Trinajstić information content (AvgIpc) is 2.31. The van der Waals surface area contributed by atoms with Crippen molar-refractivity contribution in [3.63, 3.8) is 0 Å². The van der Waals surface area contributed by atoms with Gasteiger partial charge in [-0.2, -0.15) is 0 Å². The molecule has 7 heteroatoms. The third kappa shape index (κ3) is 3.59. The van der Waals surface area contributed by atoms with E-state index in [9.17, 15) is 8.42 Å². The molecule has 1 aromatic carbocycles. The molecule has 1 heterocycles. The van der Waals surface area contributed by atoms with E-state index in [1.54, 1.807) is 12.1 Å². The van der Waals surface area contributed by atoms with E-state index in [1.807, 2.05) is 0 Å². The topological polar surface area (TPSA) is 46.6 Å². The van der Waals surface area contributed by atoms with Crippen LogP contribution in [0.5, 0.6) is 0 Å². The Morgan fingerprint density at radius 2 is 1.94 bits per heavy atom. The fourth-order valence-electron chi connectivity index (χ4n) is 1.89. The molecule has 0 radical (unpaired) electrons. The standard InChI is InChI=1S/C11H13Cl2NO3S/c12-10-2-1-9(11(7-10)18(13,15)16)8-14-3-5-17-6-4-14/h1-2,7H,3-6,8H2. The van der Waals surface area contributed by atoms with E-state index in [4.69, 9.17) is 27.0 Å². The summed E-state index contributed by atoms with van der Waals surface area (Å²) in [4.78, 5) is 2.21. The highest BCUT2D eigenvalue weighted by atomic mass is 35.7. The molecule has 0 aliphatic carbocycles. The molecular formula is C11H13Cl2NO3S. The van der Waals surface area contributed by atoms with Gasteiger partial charge in [0.2, 0.25) is 0 Å². The Labute approximate surface area is 116 Å². The number of ether oxygens (including phenoxy) is 1. The van der Waals surface area contributed by atoms with Crippen molar-refractivity contribution in [1.82, 2.24) is 4.90 Å². The lowest BCUT2D eigenvalue weighted by Gasteiger charge is -2.27. The zero-order valence-corrected chi connectivity index (χ0v) is 11.9. The molecule has 0 amide bonds. The van der Waals surface area contributed by atoms with Crippen molar-refractivity contribution in [2.24, 2.45) is 0 Å². The van der Waals surface area contributed by atoms with Crippen LogP contribution in [0.3, 0.4) is 0 Å². The first-order chi connectivity index (χ1) is 8.47. The minimum absolute atomic E-state index is 0.0863. The van der Waals surface area contributed by atoms with Crippen molar-refractivity contribution in [3.8, 4) is 0 Å². The van der Waals surface area contributed by atoms with Gasteiger partial charge in [-0.3, -0.25) is 4.90 Å². The summed E-state index contributed by atoms with van der Waals surface area (Å²) >= 11 is 5.81. The predicted molar refractivity (Wildman–Crippen MR) is 70.6 cm³/mol. The summed E-state index contributed by atoms with van der Waals surface area (Å²) in [5.74, 6) is 0. The third-order valence-electron chi connectivity index (χ3n) is 2.79. The van der Waals surface area contributed by atoms with Crippen molar-refractivity contribution in [3.05, 3.63) is 28.8 Å². The van der Waals surface area contributed by atoms with Crippen LogP contribution in [0.25, 0.3) is 0 Å². The lowest BCUT2D eigenvalue weighted by atomic mass is 10.2. The maximum absolute atomic E-state index is 11.5. The first-order valence-corrected chi connectivity index (χ1v) is 8.19. The van der Waals surface area contributed by atoms with Crippen LogP contribution in [-0.2, 0) is 20.3 Å². The number of benzene rings is 1. The SMILES string of the molecule is O=S(=O)(Cl)c1cc(Cl)ccc1CN1CCOCC1. The van der Waals surface area contributed by atoms with Crippen LogP contribution in [0.4, 0.5) is 0 Å². The molecule has 0 bridgehead atoms. The van der Waals surface area contributed by atoms with Gasteiger partial charge in [0.25, 0.3) is 9.05 Å². The molecule has 0 spiro atoms. The quantitative estimate of drug-likeness (QED) is 0.802. The molecule has 18 heavy (non-hydrogen) atoms. The molecule has 4 nitrogen and oxygen atoms in total. The molecule has 1 fully saturated rings. The van der Waals surface area contributed by atoms with Gasteiger partial charge in [-0.1, -0.05) is 17.7 Å². The second kappa shape index (κ2) is 5.75. The Balaban J connectivity index is 2.26. The number of nitrogens with zero attached hydrogens (tertiary/aromatic N) is 1. The largest absolute Gasteiger partial charge is 0.379 e. The number of morpholine rings is 1. The molecular weight excluding hydrogens is 297 g/mol. The van der Waals surface area contributed by atoms with Crippen molar-refractivity contribution >= 4 is 31.3 Å². The highest BCUT2D eigenvalue weighted by molar-refractivity contribution is 8.13. The van der Waals surface area contributed by atoms with E-state index >= 15 is 0 Å². The molecule has 0 saturated carbocycles. The zero-order chi connectivity index (χ0) is 13.2. The summed E-state index contributed by atoms with van der Waals surface area (Å²) in [6.07, 6.45) is 0. The molecule has 1 aliphatic rings. The fourth-order valence-corrected chi connectivity index (χ4v) is 3.27. The maximum atomic E-state index is 11.5. The van der Waals surface area contributed by atoms with Crippen LogP contribution in [0.1, 0.15) is 5.56 Å². The monoisotopic (exact) mass is 309 g/mol. The first kappa shape index (κ1) is 14.1. The lowest BCUT2D eigenvalue weighted by molar-refractivity contribution is 0.0338. The van der Waals surface area contributed by atoms with Gasteiger partial charge >= 0.3 is 0 Å². The molecule has 0 atom stereocenters. The summed E-state index contributed by atoms with van der Waals surface area (Å²) in [5, 5.41) is 0.361. The van der Waals surface area contributed by atoms with Gasteiger partial charge < -0.3 is 4.74 Å². The second-order valence-corrected chi connectivity index (χ2v) is 7.05. The minimum atomic E-state index is -3.78. The summed E-state index contributed by atoms with van der Waals surface area (Å²) in [5.41, 5.74) is 0.663. The molecule has 0 N–H and O–H groups in total. The Kier molecular flexibility index (Phi) is 4.50. The van der Waals surface area contributed by atoms with Gasteiger partial charge in [-0.05, 0) is 17.7 Å². The van der Waals surface area contributed by atoms with E-state index in [2.05, 4.69) is 4.90 Å². The van der Waals surface area contributed by atoms with Crippen molar-refractivity contribution in [2.75, 3.05) is 26.3 Å². The first-order valence-electron chi connectivity index (χ1n) is 5.50. The molecule has 2 rings (SSSR count). The van der Waals surface area contributed by atoms with E-state index in [0.29, 0.717) is 30.3 Å². The number of hydrogen-bond donors (Lipinski definition) is 0. The molecule has 100 valence electrons. The van der Waals surface area contributed by atoms with E-state index in [-0.39, 0.29) is 4.90 Å². The number of halogens is 2. The Bertz CT molecular complexity index is 527. The molecule has 0 aromatic heterocycles. The van der Waals surface area contributed by atoms with Gasteiger partial charge in [-0.25, -0.2) is 8.42 Å². The smallest absolute Gasteiger partial charge is 0.261 e. The van der Waals surface area contributed by atoms with Crippen LogP contribution < -0.4 is 0 Å². The van der Waals surface area contributed by atoms with Crippen LogP contribution in [0.2, 0.25) is 5.02 Å². The van der Waals surface area contributed by atoms with Gasteiger partial charge in [0.1, 0.15) is 0 Å². The normalized spacial score (nSPS) is 17.9. The predicted octanol–water partition coefficient (Wildman–Crippen LogP) is 2.10. The fraction of sp³-hybridized carbons (Fsp3) is 0.455. The van der Waals surface area contributed by atoms with E-state index in [0.717, 1.165) is 13.1 Å². The van der Waals surface area contributed by atoms with Gasteiger partial charge in [0, 0.05) is 35.3 Å². The van der Waals surface area contributed by atoms with Crippen molar-refractivity contribution < 1.29 is 13.2 Å². The third-order valence-corrected chi connectivity index (χ3v) is 4.43. The van der Waals surface area contributed by atoms with Crippen LogP contribution in [-0.4, -0.2) is 39.6 Å². The number of rotatable bonds is 3. The van der Waals surface area contributed by atoms with Gasteiger partial charge in [0.05, 0.1) is 18.1 Å². The molecule has 1 aliphatic heterocycles. The lowest BCUT2D eigenvalue weighted by Crippen LogP contribution is -2.35. The Hall–Kier alpha value is -0.330. The average molecular weight is 310 g/mol.